The molecule has 3 nitrogen and oxygen atoms in total. The van der Waals surface area contributed by atoms with Crippen molar-refractivity contribution in [2.24, 2.45) is 5.73 Å². The minimum atomic E-state index is -3.03. The minimum Gasteiger partial charge on any atom is -0.329 e. The maximum Gasteiger partial charge on any atom is 0.155 e. The lowest BCUT2D eigenvalue weighted by atomic mass is 10.1. The first kappa shape index (κ1) is 11.2. The topological polar surface area (TPSA) is 60.2 Å². The highest BCUT2D eigenvalue weighted by atomic mass is 32.2. The third kappa shape index (κ3) is 3.12. The monoisotopic (exact) mass is 213 g/mol. The van der Waals surface area contributed by atoms with Gasteiger partial charge in [-0.15, -0.1) is 0 Å². The summed E-state index contributed by atoms with van der Waals surface area (Å²) in [5.41, 5.74) is 7.10. The maximum atomic E-state index is 11.5. The average Bonchev–Trinajstić information content (AvgIpc) is 2.08. The second-order valence-corrected chi connectivity index (χ2v) is 5.49. The molecular formula is C10H15NO2S. The molecule has 2 N–H and O–H groups in total. The number of nitrogens with two attached hydrogens (primary N) is 1. The number of sulfone groups is 1. The van der Waals surface area contributed by atoms with E-state index in [9.17, 15) is 8.42 Å². The molecule has 0 radical (unpaired) electrons. The number of benzene rings is 1. The molecule has 0 saturated carbocycles. The Labute approximate surface area is 84.9 Å². The Bertz CT molecular complexity index is 398. The van der Waals surface area contributed by atoms with Crippen molar-refractivity contribution in [3.63, 3.8) is 0 Å². The normalized spacial score (nSPS) is 11.6. The zero-order valence-corrected chi connectivity index (χ0v) is 9.05. The van der Waals surface area contributed by atoms with E-state index >= 15 is 0 Å². The highest BCUT2D eigenvalue weighted by molar-refractivity contribution is 7.90. The standard InChI is InChI=1S/C10H15NO2S/c1-9-4-2-3-5-10(9)8-14(12,13)7-6-11/h2-5H,6-8,11H2,1H3. The van der Waals surface area contributed by atoms with E-state index in [2.05, 4.69) is 0 Å². The van der Waals surface area contributed by atoms with Gasteiger partial charge in [0.05, 0.1) is 11.5 Å². The minimum absolute atomic E-state index is 0.0569. The Morgan fingerprint density at radius 1 is 1.29 bits per heavy atom. The summed E-state index contributed by atoms with van der Waals surface area (Å²) in [5, 5.41) is 0. The number of hydrogen-bond donors (Lipinski definition) is 1. The van der Waals surface area contributed by atoms with Crippen molar-refractivity contribution in [2.45, 2.75) is 12.7 Å². The summed E-state index contributed by atoms with van der Waals surface area (Å²) in [6.45, 7) is 2.10. The molecule has 78 valence electrons. The van der Waals surface area contributed by atoms with Gasteiger partial charge in [-0.3, -0.25) is 0 Å². The van der Waals surface area contributed by atoms with Gasteiger partial charge in [0.1, 0.15) is 0 Å². The van der Waals surface area contributed by atoms with Gasteiger partial charge in [0.2, 0.25) is 0 Å². The van der Waals surface area contributed by atoms with Gasteiger partial charge in [-0.25, -0.2) is 8.42 Å². The second-order valence-electron chi connectivity index (χ2n) is 3.31. The first-order valence-electron chi connectivity index (χ1n) is 4.50. The second kappa shape index (κ2) is 4.57. The quantitative estimate of drug-likeness (QED) is 0.807. The smallest absolute Gasteiger partial charge is 0.155 e. The van der Waals surface area contributed by atoms with Gasteiger partial charge < -0.3 is 5.73 Å². The van der Waals surface area contributed by atoms with Crippen LogP contribution in [0.5, 0.6) is 0 Å². The van der Waals surface area contributed by atoms with Crippen molar-refractivity contribution in [1.29, 1.82) is 0 Å². The zero-order valence-electron chi connectivity index (χ0n) is 8.23. The number of aryl methyl sites for hydroxylation is 1. The summed E-state index contributed by atoms with van der Waals surface area (Å²) >= 11 is 0. The van der Waals surface area contributed by atoms with Gasteiger partial charge in [-0.2, -0.15) is 0 Å². The number of rotatable bonds is 4. The van der Waals surface area contributed by atoms with Crippen LogP contribution in [0.3, 0.4) is 0 Å². The highest BCUT2D eigenvalue weighted by Crippen LogP contribution is 2.11. The van der Waals surface area contributed by atoms with Crippen molar-refractivity contribution in [3.8, 4) is 0 Å². The molecule has 0 spiro atoms. The van der Waals surface area contributed by atoms with E-state index in [4.69, 9.17) is 5.73 Å². The molecule has 1 aromatic rings. The van der Waals surface area contributed by atoms with Crippen LogP contribution >= 0.6 is 0 Å². The van der Waals surface area contributed by atoms with Crippen molar-refractivity contribution in [2.75, 3.05) is 12.3 Å². The molecule has 14 heavy (non-hydrogen) atoms. The summed E-state index contributed by atoms with van der Waals surface area (Å²) in [7, 11) is -3.03. The number of hydrogen-bond acceptors (Lipinski definition) is 3. The van der Waals surface area contributed by atoms with E-state index in [0.29, 0.717) is 0 Å². The lowest BCUT2D eigenvalue weighted by Crippen LogP contribution is -2.17. The van der Waals surface area contributed by atoms with E-state index in [1.54, 1.807) is 0 Å². The fourth-order valence-electron chi connectivity index (χ4n) is 1.26. The molecule has 0 aliphatic heterocycles. The van der Waals surface area contributed by atoms with E-state index in [1.165, 1.54) is 0 Å². The van der Waals surface area contributed by atoms with E-state index in [-0.39, 0.29) is 18.1 Å². The first-order chi connectivity index (χ1) is 6.55. The molecular weight excluding hydrogens is 198 g/mol. The van der Waals surface area contributed by atoms with Gasteiger partial charge in [-0.1, -0.05) is 24.3 Å². The molecule has 0 atom stereocenters. The van der Waals surface area contributed by atoms with Crippen molar-refractivity contribution in [1.82, 2.24) is 0 Å². The molecule has 1 rings (SSSR count). The molecule has 0 amide bonds. The molecule has 0 fully saturated rings. The van der Waals surface area contributed by atoms with Crippen LogP contribution in [0.4, 0.5) is 0 Å². The highest BCUT2D eigenvalue weighted by Gasteiger charge is 2.11. The third-order valence-electron chi connectivity index (χ3n) is 2.07. The Hall–Kier alpha value is -0.870. The van der Waals surface area contributed by atoms with Crippen LogP contribution in [0.2, 0.25) is 0 Å². The zero-order chi connectivity index (χ0) is 10.6. The van der Waals surface area contributed by atoms with Crippen LogP contribution < -0.4 is 5.73 Å². The molecule has 0 heterocycles. The van der Waals surface area contributed by atoms with Gasteiger partial charge in [0.25, 0.3) is 0 Å². The molecule has 0 aliphatic rings. The van der Waals surface area contributed by atoms with E-state index in [0.717, 1.165) is 11.1 Å². The fourth-order valence-corrected chi connectivity index (χ4v) is 2.56. The van der Waals surface area contributed by atoms with Crippen LogP contribution in [-0.2, 0) is 15.6 Å². The maximum absolute atomic E-state index is 11.5. The molecule has 4 heteroatoms. The van der Waals surface area contributed by atoms with E-state index in [1.807, 2.05) is 31.2 Å². The SMILES string of the molecule is Cc1ccccc1CS(=O)(=O)CCN. The van der Waals surface area contributed by atoms with Gasteiger partial charge in [0.15, 0.2) is 9.84 Å². The Balaban J connectivity index is 2.84. The first-order valence-corrected chi connectivity index (χ1v) is 6.32. The Morgan fingerprint density at radius 2 is 1.93 bits per heavy atom. The molecule has 0 saturated heterocycles. The summed E-state index contributed by atoms with van der Waals surface area (Å²) in [4.78, 5) is 0. The fraction of sp³-hybridized carbons (Fsp3) is 0.400. The van der Waals surface area contributed by atoms with Crippen LogP contribution in [0.1, 0.15) is 11.1 Å². The predicted molar refractivity (Wildman–Crippen MR) is 57.7 cm³/mol. The van der Waals surface area contributed by atoms with E-state index < -0.39 is 9.84 Å². The van der Waals surface area contributed by atoms with Crippen molar-refractivity contribution >= 4 is 9.84 Å². The third-order valence-corrected chi connectivity index (χ3v) is 3.67. The lowest BCUT2D eigenvalue weighted by molar-refractivity contribution is 0.595. The average molecular weight is 213 g/mol. The van der Waals surface area contributed by atoms with Crippen LogP contribution in [0.25, 0.3) is 0 Å². The summed E-state index contributed by atoms with van der Waals surface area (Å²) in [6.07, 6.45) is 0. The predicted octanol–water partition coefficient (Wildman–Crippen LogP) is 0.869. The summed E-state index contributed by atoms with van der Waals surface area (Å²) < 4.78 is 22.9. The van der Waals surface area contributed by atoms with Crippen LogP contribution in [0.15, 0.2) is 24.3 Å². The summed E-state index contributed by atoms with van der Waals surface area (Å²) in [5.74, 6) is 0.151. The van der Waals surface area contributed by atoms with Crippen molar-refractivity contribution < 1.29 is 8.42 Å². The Kier molecular flexibility index (Phi) is 3.66. The molecule has 1 aromatic carbocycles. The largest absolute Gasteiger partial charge is 0.329 e. The lowest BCUT2D eigenvalue weighted by Gasteiger charge is -2.05. The Morgan fingerprint density at radius 3 is 2.50 bits per heavy atom. The van der Waals surface area contributed by atoms with Crippen molar-refractivity contribution in [3.05, 3.63) is 35.4 Å². The van der Waals surface area contributed by atoms with Gasteiger partial charge in [-0.05, 0) is 18.1 Å². The van der Waals surface area contributed by atoms with Gasteiger partial charge >= 0.3 is 0 Å². The molecule has 0 unspecified atom stereocenters. The van der Waals surface area contributed by atoms with Crippen LogP contribution in [0, 0.1) is 6.92 Å². The van der Waals surface area contributed by atoms with Gasteiger partial charge in [0, 0.05) is 6.54 Å². The molecule has 0 aromatic heterocycles. The summed E-state index contributed by atoms with van der Waals surface area (Å²) in [6, 6.07) is 7.49. The molecule has 0 bridgehead atoms. The molecule has 0 aliphatic carbocycles. The van der Waals surface area contributed by atoms with Crippen LogP contribution in [-0.4, -0.2) is 20.7 Å².